The Balaban J connectivity index is 1.63. The van der Waals surface area contributed by atoms with Gasteiger partial charge in [-0.05, 0) is 78.1 Å². The molecule has 4 rings (SSSR count). The number of fused-ring (bicyclic) bond motifs is 1. The van der Waals surface area contributed by atoms with E-state index < -0.39 is 46.9 Å². The summed E-state index contributed by atoms with van der Waals surface area (Å²) < 4.78 is 20.4. The van der Waals surface area contributed by atoms with Crippen molar-refractivity contribution in [1.29, 1.82) is 0 Å². The lowest BCUT2D eigenvalue weighted by Crippen LogP contribution is -2.70. The van der Waals surface area contributed by atoms with Gasteiger partial charge < -0.3 is 14.2 Å². The molecular weight excluding hydrogens is 631 g/mol. The number of likely N-dealkylation sites (N-methyl/N-ethyl adjacent to an activating group) is 1. The molecule has 48 heavy (non-hydrogen) atoms. The normalized spacial score (nSPS) is 34.3. The largest absolute Gasteiger partial charge is 0.457 e. The number of cyclic esters (lactones) is 1. The van der Waals surface area contributed by atoms with Crippen LogP contribution in [-0.2, 0) is 30.3 Å². The second kappa shape index (κ2) is 15.4. The number of methoxy groups -OCH3 is 1. The van der Waals surface area contributed by atoms with Crippen molar-refractivity contribution in [2.75, 3.05) is 27.2 Å². The molecule has 2 aliphatic rings. The van der Waals surface area contributed by atoms with Gasteiger partial charge in [0.15, 0.2) is 5.60 Å². The van der Waals surface area contributed by atoms with Crippen molar-refractivity contribution < 1.29 is 28.6 Å². The predicted molar refractivity (Wildman–Crippen MR) is 187 cm³/mol. The van der Waals surface area contributed by atoms with E-state index in [0.717, 1.165) is 30.0 Å². The number of aryl methyl sites for hydroxylation is 1. The standard InChI is InChI=1S/C34H55BN6O6S/c1-10-26-33(7)34(11-2,41(31(44)47-33)17-13-12-16-40-21-25(37-38-40)29-36-15-19-48-29)39(8)18-14-22(3)20-32(6,45-9)28(35)23(4)27(42)24(5)30(43)46-26/h15,19,21-24,26,28H,10-14,16-18,20,35H2,1-9H3/t22-,23+,24-,26-,28-,32-,33-,34+/m1/s1. The number of hydrogen-bond donors (Lipinski definition) is 0. The van der Waals surface area contributed by atoms with E-state index >= 15 is 0 Å². The first-order chi connectivity index (χ1) is 22.7. The Labute approximate surface area is 290 Å². The monoisotopic (exact) mass is 686 g/mol. The van der Waals surface area contributed by atoms with Gasteiger partial charge in [-0.1, -0.05) is 32.9 Å². The quantitative estimate of drug-likeness (QED) is 0.156. The number of nitrogens with zero attached hydrogens (tertiary/aromatic N) is 6. The van der Waals surface area contributed by atoms with Crippen molar-refractivity contribution in [3.05, 3.63) is 17.8 Å². The van der Waals surface area contributed by atoms with E-state index in [2.05, 4.69) is 41.0 Å². The summed E-state index contributed by atoms with van der Waals surface area (Å²) in [6.45, 7) is 15.4. The molecule has 0 radical (unpaired) electrons. The molecule has 8 atom stereocenters. The van der Waals surface area contributed by atoms with E-state index in [0.29, 0.717) is 38.9 Å². The zero-order valence-electron chi connectivity index (χ0n) is 30.5. The second-order valence-corrected chi connectivity index (χ2v) is 15.2. The van der Waals surface area contributed by atoms with Gasteiger partial charge in [-0.3, -0.25) is 24.1 Å². The van der Waals surface area contributed by atoms with E-state index in [9.17, 15) is 14.4 Å². The number of thiazole rings is 1. The molecule has 0 bridgehead atoms. The van der Waals surface area contributed by atoms with Gasteiger partial charge in [-0.2, -0.15) is 0 Å². The van der Waals surface area contributed by atoms with Gasteiger partial charge in [-0.25, -0.2) is 9.78 Å². The number of rotatable bonds is 9. The minimum atomic E-state index is -1.20. The van der Waals surface area contributed by atoms with Gasteiger partial charge in [0.2, 0.25) is 0 Å². The van der Waals surface area contributed by atoms with Gasteiger partial charge in [0.1, 0.15) is 42.0 Å². The van der Waals surface area contributed by atoms with Crippen LogP contribution in [-0.4, -0.2) is 106 Å². The van der Waals surface area contributed by atoms with Crippen molar-refractivity contribution >= 4 is 37.0 Å². The number of ketones is 1. The molecule has 0 spiro atoms. The minimum Gasteiger partial charge on any atom is -0.457 e. The Morgan fingerprint density at radius 2 is 1.83 bits per heavy atom. The van der Waals surface area contributed by atoms with Crippen LogP contribution < -0.4 is 0 Å². The molecule has 2 aliphatic heterocycles. The van der Waals surface area contributed by atoms with Crippen molar-refractivity contribution in [3.8, 4) is 10.7 Å². The Bertz CT molecular complexity index is 1410. The third-order valence-electron chi connectivity index (χ3n) is 11.5. The molecule has 14 heteroatoms. The van der Waals surface area contributed by atoms with Crippen LogP contribution in [0.1, 0.15) is 87.0 Å². The van der Waals surface area contributed by atoms with Crippen LogP contribution in [0.2, 0.25) is 5.82 Å². The van der Waals surface area contributed by atoms with Crippen molar-refractivity contribution in [3.63, 3.8) is 0 Å². The molecule has 4 heterocycles. The molecule has 0 aromatic carbocycles. The molecule has 2 aromatic rings. The topological polar surface area (TPSA) is 129 Å². The number of Topliss-reactive ketones (excluding diaryl/α,β-unsaturated/α-hetero) is 1. The predicted octanol–water partition coefficient (Wildman–Crippen LogP) is 4.85. The highest BCUT2D eigenvalue weighted by Crippen LogP contribution is 2.48. The molecule has 266 valence electrons. The lowest BCUT2D eigenvalue weighted by Gasteiger charge is -2.52. The molecule has 2 aromatic heterocycles. The number of amides is 1. The molecular formula is C34H55BN6O6S. The highest BCUT2D eigenvalue weighted by atomic mass is 32.1. The van der Waals surface area contributed by atoms with Crippen LogP contribution in [0, 0.1) is 17.8 Å². The summed E-state index contributed by atoms with van der Waals surface area (Å²) in [5.74, 6) is -2.02. The van der Waals surface area contributed by atoms with Gasteiger partial charge in [0.05, 0.1) is 11.8 Å². The molecule has 0 unspecified atom stereocenters. The molecule has 12 nitrogen and oxygen atoms in total. The van der Waals surface area contributed by atoms with Crippen molar-refractivity contribution in [2.45, 2.75) is 122 Å². The highest BCUT2D eigenvalue weighted by Gasteiger charge is 2.67. The molecule has 2 fully saturated rings. The number of aromatic nitrogens is 4. The van der Waals surface area contributed by atoms with Crippen LogP contribution in [0.4, 0.5) is 4.79 Å². The molecule has 2 saturated heterocycles. The molecule has 1 amide bonds. The highest BCUT2D eigenvalue weighted by molar-refractivity contribution is 7.13. The molecule has 0 aliphatic carbocycles. The summed E-state index contributed by atoms with van der Waals surface area (Å²) in [6.07, 6.45) is 6.45. The van der Waals surface area contributed by atoms with Gasteiger partial charge in [0, 0.05) is 44.2 Å². The van der Waals surface area contributed by atoms with Crippen LogP contribution in [0.25, 0.3) is 10.7 Å². The lowest BCUT2D eigenvalue weighted by molar-refractivity contribution is -0.189. The van der Waals surface area contributed by atoms with E-state index in [-0.39, 0.29) is 17.5 Å². The van der Waals surface area contributed by atoms with Crippen LogP contribution >= 0.6 is 11.3 Å². The van der Waals surface area contributed by atoms with Gasteiger partial charge in [-0.15, -0.1) is 16.4 Å². The summed E-state index contributed by atoms with van der Waals surface area (Å²) in [5.41, 5.74) is -1.93. The minimum absolute atomic E-state index is 0.121. The lowest BCUT2D eigenvalue weighted by atomic mass is 9.62. The van der Waals surface area contributed by atoms with E-state index in [1.54, 1.807) is 24.9 Å². The first-order valence-electron chi connectivity index (χ1n) is 17.5. The third kappa shape index (κ3) is 7.07. The number of carbonyl (C=O) groups is 3. The van der Waals surface area contributed by atoms with Crippen LogP contribution in [0.3, 0.4) is 0 Å². The smallest absolute Gasteiger partial charge is 0.412 e. The average molecular weight is 687 g/mol. The molecule has 0 saturated carbocycles. The fraction of sp³-hybridized carbons (Fsp3) is 0.765. The summed E-state index contributed by atoms with van der Waals surface area (Å²) in [4.78, 5) is 49.7. The Hall–Kier alpha value is -2.84. The number of hydrogen-bond acceptors (Lipinski definition) is 11. The van der Waals surface area contributed by atoms with Gasteiger partial charge >= 0.3 is 12.1 Å². The maximum Gasteiger partial charge on any atom is 0.412 e. The maximum atomic E-state index is 13.9. The Morgan fingerprint density at radius 3 is 2.46 bits per heavy atom. The molecule has 0 N–H and O–H groups in total. The summed E-state index contributed by atoms with van der Waals surface area (Å²) in [7, 11) is 5.77. The number of esters is 1. The Kier molecular flexibility index (Phi) is 12.2. The van der Waals surface area contributed by atoms with Crippen molar-refractivity contribution in [1.82, 2.24) is 29.8 Å². The van der Waals surface area contributed by atoms with Crippen molar-refractivity contribution in [2.24, 2.45) is 17.8 Å². The fourth-order valence-electron chi connectivity index (χ4n) is 8.09. The zero-order valence-corrected chi connectivity index (χ0v) is 31.3. The van der Waals surface area contributed by atoms with Crippen LogP contribution in [0.15, 0.2) is 17.8 Å². The SMILES string of the molecule is B[C@@H]1[C@@H](C)C(=O)[C@@H](C)C(=O)O[C@H](CC)[C@@]2(C)OC(=O)N(CCCCn3cc(-c4nccs4)nn3)[C@]2(CC)N(C)CC[C@@H](C)C[C@@]1(C)OC. The summed E-state index contributed by atoms with van der Waals surface area (Å²) >= 11 is 1.52. The van der Waals surface area contributed by atoms with E-state index in [1.807, 2.05) is 52.1 Å². The first kappa shape index (κ1) is 38.0. The third-order valence-corrected chi connectivity index (χ3v) is 12.3. The zero-order chi connectivity index (χ0) is 35.4. The average Bonchev–Trinajstić information content (AvgIpc) is 3.82. The van der Waals surface area contributed by atoms with E-state index in [4.69, 9.17) is 14.2 Å². The number of carbonyl (C=O) groups excluding carboxylic acids is 3. The second-order valence-electron chi connectivity index (χ2n) is 14.3. The Morgan fingerprint density at radius 1 is 1.12 bits per heavy atom. The fourth-order valence-corrected chi connectivity index (χ4v) is 8.68. The number of ether oxygens (including phenoxy) is 3. The van der Waals surface area contributed by atoms with Crippen LogP contribution in [0.5, 0.6) is 0 Å². The number of unbranched alkanes of at least 4 members (excludes halogenated alkanes) is 1. The van der Waals surface area contributed by atoms with Gasteiger partial charge in [0.25, 0.3) is 0 Å². The summed E-state index contributed by atoms with van der Waals surface area (Å²) in [5, 5.41) is 11.3. The summed E-state index contributed by atoms with van der Waals surface area (Å²) in [6, 6.07) is 0. The first-order valence-corrected chi connectivity index (χ1v) is 18.4. The maximum absolute atomic E-state index is 13.9. The van der Waals surface area contributed by atoms with E-state index in [1.165, 1.54) is 11.3 Å².